The lowest BCUT2D eigenvalue weighted by molar-refractivity contribution is -0.135. The van der Waals surface area contributed by atoms with Crippen molar-refractivity contribution in [3.8, 4) is 0 Å². The van der Waals surface area contributed by atoms with Crippen LogP contribution >= 0.6 is 23.2 Å². The van der Waals surface area contributed by atoms with Crippen molar-refractivity contribution in [1.29, 1.82) is 0 Å². The molecule has 1 heterocycles. The number of carbonyl (C=O) groups is 2. The zero-order valence-electron chi connectivity index (χ0n) is 9.17. The van der Waals surface area contributed by atoms with Gasteiger partial charge in [-0.05, 0) is 12.5 Å². The first kappa shape index (κ1) is 11.9. The minimum absolute atomic E-state index is 0.0346. The molecule has 0 radical (unpaired) electrons. The SMILES string of the molecule is C=C1[C@@H]2[C@@H](C(C)=O)N(C(C)=O)C[C@@H]2C1(Cl)Cl. The molecule has 0 aromatic rings. The Morgan fingerprint density at radius 2 is 2.00 bits per heavy atom. The number of rotatable bonds is 1. The monoisotopic (exact) mass is 261 g/mol. The molecule has 2 aliphatic rings. The molecule has 0 aromatic heterocycles. The summed E-state index contributed by atoms with van der Waals surface area (Å²) < 4.78 is -0.984. The lowest BCUT2D eigenvalue weighted by atomic mass is 9.67. The number of hydrogen-bond acceptors (Lipinski definition) is 2. The minimum atomic E-state index is -0.984. The van der Waals surface area contributed by atoms with Gasteiger partial charge in [0.1, 0.15) is 4.33 Å². The van der Waals surface area contributed by atoms with Gasteiger partial charge in [-0.15, -0.1) is 0 Å². The van der Waals surface area contributed by atoms with E-state index < -0.39 is 10.4 Å². The molecule has 0 N–H and O–H groups in total. The Balaban J connectivity index is 2.34. The number of carbonyl (C=O) groups excluding carboxylic acids is 2. The van der Waals surface area contributed by atoms with Gasteiger partial charge in [0, 0.05) is 25.3 Å². The second kappa shape index (κ2) is 3.47. The van der Waals surface area contributed by atoms with Gasteiger partial charge in [-0.25, -0.2) is 0 Å². The molecule has 0 unspecified atom stereocenters. The smallest absolute Gasteiger partial charge is 0.220 e. The van der Waals surface area contributed by atoms with Gasteiger partial charge in [0.15, 0.2) is 5.78 Å². The Kier molecular flexibility index (Phi) is 2.59. The summed E-state index contributed by atoms with van der Waals surface area (Å²) in [7, 11) is 0. The second-order valence-electron chi connectivity index (χ2n) is 4.51. The Morgan fingerprint density at radius 1 is 1.44 bits per heavy atom. The third-order valence-electron chi connectivity index (χ3n) is 3.62. The fraction of sp³-hybridized carbons (Fsp3) is 0.636. The van der Waals surface area contributed by atoms with Gasteiger partial charge in [0.25, 0.3) is 0 Å². The first-order chi connectivity index (χ1) is 7.28. The van der Waals surface area contributed by atoms with Crippen LogP contribution in [0.3, 0.4) is 0 Å². The molecule has 88 valence electrons. The molecule has 2 fully saturated rings. The van der Waals surface area contributed by atoms with Crippen molar-refractivity contribution in [3.05, 3.63) is 12.2 Å². The summed E-state index contributed by atoms with van der Waals surface area (Å²) in [5, 5.41) is 0. The lowest BCUT2D eigenvalue weighted by Gasteiger charge is -2.46. The van der Waals surface area contributed by atoms with Gasteiger partial charge < -0.3 is 4.90 Å². The standard InChI is InChI=1S/C11H13Cl2NO2/c1-5-9-8(11(5,12)13)4-14(7(3)16)10(9)6(2)15/h8-10H,1,4H2,2-3H3/t8-,9-,10+/m0/s1. The van der Waals surface area contributed by atoms with Crippen LogP contribution in [0.15, 0.2) is 12.2 Å². The van der Waals surface area contributed by atoms with E-state index in [4.69, 9.17) is 23.2 Å². The summed E-state index contributed by atoms with van der Waals surface area (Å²) in [6.45, 7) is 7.21. The van der Waals surface area contributed by atoms with E-state index >= 15 is 0 Å². The van der Waals surface area contributed by atoms with Crippen LogP contribution < -0.4 is 0 Å². The van der Waals surface area contributed by atoms with Crippen molar-refractivity contribution in [2.75, 3.05) is 6.54 Å². The largest absolute Gasteiger partial charge is 0.332 e. The molecular weight excluding hydrogens is 249 g/mol. The van der Waals surface area contributed by atoms with Gasteiger partial charge in [-0.1, -0.05) is 29.8 Å². The predicted octanol–water partition coefficient (Wildman–Crippen LogP) is 1.78. The number of fused-ring (bicyclic) bond motifs is 1. The molecule has 5 heteroatoms. The van der Waals surface area contributed by atoms with E-state index in [2.05, 4.69) is 6.58 Å². The maximum Gasteiger partial charge on any atom is 0.220 e. The number of hydrogen-bond donors (Lipinski definition) is 0. The van der Waals surface area contributed by atoms with Crippen molar-refractivity contribution in [2.24, 2.45) is 11.8 Å². The maximum absolute atomic E-state index is 11.6. The highest BCUT2D eigenvalue weighted by atomic mass is 35.5. The molecule has 3 atom stereocenters. The van der Waals surface area contributed by atoms with Crippen LogP contribution in [0.5, 0.6) is 0 Å². The molecule has 0 aromatic carbocycles. The zero-order chi connectivity index (χ0) is 12.2. The highest BCUT2D eigenvalue weighted by Crippen LogP contribution is 2.60. The quantitative estimate of drug-likeness (QED) is 0.533. The van der Waals surface area contributed by atoms with Crippen LogP contribution in [0.4, 0.5) is 0 Å². The fourth-order valence-corrected chi connectivity index (χ4v) is 3.45. The molecule has 1 aliphatic heterocycles. The van der Waals surface area contributed by atoms with E-state index in [1.54, 1.807) is 4.90 Å². The van der Waals surface area contributed by atoms with E-state index in [1.165, 1.54) is 13.8 Å². The van der Waals surface area contributed by atoms with Crippen molar-refractivity contribution in [2.45, 2.75) is 24.2 Å². The van der Waals surface area contributed by atoms with Gasteiger partial charge in [0.2, 0.25) is 5.91 Å². The van der Waals surface area contributed by atoms with Crippen LogP contribution in [0.1, 0.15) is 13.8 Å². The second-order valence-corrected chi connectivity index (χ2v) is 5.89. The van der Waals surface area contributed by atoms with Crippen molar-refractivity contribution < 1.29 is 9.59 Å². The van der Waals surface area contributed by atoms with Crippen molar-refractivity contribution in [3.63, 3.8) is 0 Å². The third kappa shape index (κ3) is 1.34. The summed E-state index contributed by atoms with van der Waals surface area (Å²) in [5.74, 6) is -0.295. The van der Waals surface area contributed by atoms with Crippen LogP contribution in [-0.4, -0.2) is 33.5 Å². The number of halogens is 2. The number of alkyl halides is 2. The van der Waals surface area contributed by atoms with Gasteiger partial charge in [-0.3, -0.25) is 9.59 Å². The number of amides is 1. The topological polar surface area (TPSA) is 37.4 Å². The highest BCUT2D eigenvalue weighted by molar-refractivity contribution is 6.51. The summed E-state index contributed by atoms with van der Waals surface area (Å²) in [4.78, 5) is 24.6. The van der Waals surface area contributed by atoms with Gasteiger partial charge in [-0.2, -0.15) is 0 Å². The Morgan fingerprint density at radius 3 is 2.44 bits per heavy atom. The fourth-order valence-electron chi connectivity index (χ4n) is 2.79. The average molecular weight is 262 g/mol. The average Bonchev–Trinajstić information content (AvgIpc) is 2.54. The zero-order valence-corrected chi connectivity index (χ0v) is 10.7. The number of nitrogens with zero attached hydrogens (tertiary/aromatic N) is 1. The summed E-state index contributed by atoms with van der Waals surface area (Å²) >= 11 is 12.2. The first-order valence-electron chi connectivity index (χ1n) is 5.13. The number of likely N-dealkylation sites (tertiary alicyclic amines) is 1. The molecule has 1 aliphatic carbocycles. The minimum Gasteiger partial charge on any atom is -0.332 e. The van der Waals surface area contributed by atoms with E-state index in [0.29, 0.717) is 12.1 Å². The van der Waals surface area contributed by atoms with Gasteiger partial charge >= 0.3 is 0 Å². The Bertz CT molecular complexity index is 391. The van der Waals surface area contributed by atoms with E-state index in [-0.39, 0.29) is 23.5 Å². The van der Waals surface area contributed by atoms with Crippen molar-refractivity contribution >= 4 is 34.9 Å². The van der Waals surface area contributed by atoms with Crippen molar-refractivity contribution in [1.82, 2.24) is 4.90 Å². The Labute approximate surface area is 104 Å². The lowest BCUT2D eigenvalue weighted by Crippen LogP contribution is -2.51. The van der Waals surface area contributed by atoms with E-state index in [9.17, 15) is 9.59 Å². The van der Waals surface area contributed by atoms with Crippen LogP contribution in [0.25, 0.3) is 0 Å². The summed E-state index contributed by atoms with van der Waals surface area (Å²) in [6, 6.07) is -0.430. The number of Topliss-reactive ketones (excluding diaryl/α,β-unsaturated/α-hetero) is 1. The molecule has 0 bridgehead atoms. The van der Waals surface area contributed by atoms with Crippen LogP contribution in [0, 0.1) is 11.8 Å². The molecule has 0 spiro atoms. The predicted molar refractivity (Wildman–Crippen MR) is 62.4 cm³/mol. The van der Waals surface area contributed by atoms with E-state index in [0.717, 1.165) is 0 Å². The van der Waals surface area contributed by atoms with Gasteiger partial charge in [0.05, 0.1) is 6.04 Å². The molecular formula is C11H13Cl2NO2. The third-order valence-corrected chi connectivity index (χ3v) is 4.67. The molecule has 2 rings (SSSR count). The molecule has 1 saturated carbocycles. The highest BCUT2D eigenvalue weighted by Gasteiger charge is 2.64. The molecule has 1 saturated heterocycles. The maximum atomic E-state index is 11.6. The molecule has 16 heavy (non-hydrogen) atoms. The van der Waals surface area contributed by atoms with Crippen LogP contribution in [0.2, 0.25) is 0 Å². The van der Waals surface area contributed by atoms with Crippen LogP contribution in [-0.2, 0) is 9.59 Å². The summed E-state index contributed by atoms with van der Waals surface area (Å²) in [5.41, 5.74) is 0.657. The first-order valence-corrected chi connectivity index (χ1v) is 5.88. The Hall–Kier alpha value is -0.540. The number of ketones is 1. The summed E-state index contributed by atoms with van der Waals surface area (Å²) in [6.07, 6.45) is 0. The molecule has 1 amide bonds. The normalized spacial score (nSPS) is 35.6. The van der Waals surface area contributed by atoms with E-state index in [1.807, 2.05) is 0 Å². The molecule has 3 nitrogen and oxygen atoms in total.